The van der Waals surface area contributed by atoms with Gasteiger partial charge in [-0.3, -0.25) is 0 Å². The van der Waals surface area contributed by atoms with E-state index in [4.69, 9.17) is 9.47 Å². The molecule has 0 saturated carbocycles. The van der Waals surface area contributed by atoms with Gasteiger partial charge in [0.15, 0.2) is 0 Å². The molecule has 0 amide bonds. The molecule has 1 rings (SSSR count). The van der Waals surface area contributed by atoms with Gasteiger partial charge in [-0.15, -0.1) is 0 Å². The van der Waals surface area contributed by atoms with E-state index in [1.54, 1.807) is 0 Å². The SMILES string of the molecule is C=CC(=O)OCC1(CC)CO[C-]=N1. The van der Waals surface area contributed by atoms with E-state index in [1.165, 1.54) is 0 Å². The molecule has 0 aromatic heterocycles. The first kappa shape index (κ1) is 9.77. The molecule has 4 heteroatoms. The third kappa shape index (κ3) is 2.31. The Balaban J connectivity index is 2.45. The van der Waals surface area contributed by atoms with Gasteiger partial charge in [0.05, 0.1) is 12.1 Å². The molecule has 0 aromatic rings. The molecular formula is C9H12NO3-. The summed E-state index contributed by atoms with van der Waals surface area (Å²) < 4.78 is 9.78. The molecule has 1 aliphatic rings. The Kier molecular flexibility index (Phi) is 3.06. The molecule has 72 valence electrons. The number of rotatable bonds is 4. The van der Waals surface area contributed by atoms with Crippen LogP contribution in [0.25, 0.3) is 0 Å². The summed E-state index contributed by atoms with van der Waals surface area (Å²) in [7, 11) is 0. The van der Waals surface area contributed by atoms with Crippen LogP contribution in [0.3, 0.4) is 0 Å². The molecule has 0 fully saturated rings. The van der Waals surface area contributed by atoms with Gasteiger partial charge >= 0.3 is 5.97 Å². The van der Waals surface area contributed by atoms with Gasteiger partial charge < -0.3 is 14.5 Å². The maximum absolute atomic E-state index is 10.8. The highest BCUT2D eigenvalue weighted by atomic mass is 16.5. The number of ether oxygens (including phenoxy) is 2. The van der Waals surface area contributed by atoms with Gasteiger partial charge in [0.25, 0.3) is 0 Å². The predicted molar refractivity (Wildman–Crippen MR) is 47.6 cm³/mol. The Bertz CT molecular complexity index is 237. The molecule has 0 spiro atoms. The minimum atomic E-state index is -0.435. The van der Waals surface area contributed by atoms with Crippen molar-refractivity contribution in [3.05, 3.63) is 12.7 Å². The van der Waals surface area contributed by atoms with Gasteiger partial charge in [0.1, 0.15) is 6.61 Å². The van der Waals surface area contributed by atoms with Crippen LogP contribution >= 0.6 is 0 Å². The summed E-state index contributed by atoms with van der Waals surface area (Å²) in [6, 6.07) is 0. The zero-order valence-electron chi connectivity index (χ0n) is 7.58. The average Bonchev–Trinajstić information content (AvgIpc) is 2.63. The molecule has 1 heterocycles. The van der Waals surface area contributed by atoms with Crippen LogP contribution < -0.4 is 0 Å². The second-order valence-electron chi connectivity index (χ2n) is 2.88. The Hall–Kier alpha value is -1.32. The largest absolute Gasteiger partial charge is 0.673 e. The highest BCUT2D eigenvalue weighted by Gasteiger charge is 2.27. The molecule has 13 heavy (non-hydrogen) atoms. The van der Waals surface area contributed by atoms with Crippen molar-refractivity contribution in [1.29, 1.82) is 0 Å². The van der Waals surface area contributed by atoms with Crippen molar-refractivity contribution in [2.45, 2.75) is 18.9 Å². The van der Waals surface area contributed by atoms with Crippen molar-refractivity contribution < 1.29 is 14.3 Å². The van der Waals surface area contributed by atoms with Crippen molar-refractivity contribution in [3.8, 4) is 0 Å². The second-order valence-corrected chi connectivity index (χ2v) is 2.88. The predicted octanol–water partition coefficient (Wildman–Crippen LogP) is 0.800. The van der Waals surface area contributed by atoms with E-state index in [0.29, 0.717) is 6.61 Å². The van der Waals surface area contributed by atoms with Gasteiger partial charge in [-0.2, -0.15) is 0 Å². The van der Waals surface area contributed by atoms with Crippen molar-refractivity contribution >= 4 is 12.4 Å². The van der Waals surface area contributed by atoms with Crippen molar-refractivity contribution in [3.63, 3.8) is 0 Å². The number of hydrogen-bond donors (Lipinski definition) is 0. The zero-order chi connectivity index (χ0) is 9.73. The number of aliphatic imine (C=N–C) groups is 1. The van der Waals surface area contributed by atoms with Crippen molar-refractivity contribution in [1.82, 2.24) is 0 Å². The highest BCUT2D eigenvalue weighted by Crippen LogP contribution is 2.20. The first-order valence-electron chi connectivity index (χ1n) is 4.10. The van der Waals surface area contributed by atoms with Gasteiger partial charge in [0, 0.05) is 6.08 Å². The fourth-order valence-corrected chi connectivity index (χ4v) is 0.950. The van der Waals surface area contributed by atoms with Crippen LogP contribution in [-0.2, 0) is 14.3 Å². The topological polar surface area (TPSA) is 47.9 Å². The lowest BCUT2D eigenvalue weighted by atomic mass is 10.0. The fraction of sp³-hybridized carbons (Fsp3) is 0.556. The Morgan fingerprint density at radius 1 is 1.92 bits per heavy atom. The summed E-state index contributed by atoms with van der Waals surface area (Å²) in [5, 5.41) is 0. The molecule has 0 aliphatic carbocycles. The van der Waals surface area contributed by atoms with Crippen LogP contribution in [-0.4, -0.2) is 31.1 Å². The summed E-state index contributed by atoms with van der Waals surface area (Å²) in [6.07, 6.45) is 4.30. The van der Waals surface area contributed by atoms with Crippen molar-refractivity contribution in [2.24, 2.45) is 4.99 Å². The third-order valence-electron chi connectivity index (χ3n) is 2.00. The Morgan fingerprint density at radius 2 is 2.69 bits per heavy atom. The Morgan fingerprint density at radius 3 is 3.15 bits per heavy atom. The number of carbonyl (C=O) groups excluding carboxylic acids is 1. The van der Waals surface area contributed by atoms with Crippen LogP contribution in [0.15, 0.2) is 17.6 Å². The summed E-state index contributed by atoms with van der Waals surface area (Å²) in [4.78, 5) is 14.8. The minimum absolute atomic E-state index is 0.224. The van der Waals surface area contributed by atoms with Crippen molar-refractivity contribution in [2.75, 3.05) is 13.2 Å². The first-order chi connectivity index (χ1) is 6.22. The lowest BCUT2D eigenvalue weighted by Gasteiger charge is -2.25. The van der Waals surface area contributed by atoms with Crippen LogP contribution in [0, 0.1) is 0 Å². The smallest absolute Gasteiger partial charge is 0.330 e. The van der Waals surface area contributed by atoms with E-state index in [2.05, 4.69) is 18.0 Å². The second kappa shape index (κ2) is 4.07. The molecule has 1 unspecified atom stereocenters. The van der Waals surface area contributed by atoms with Crippen LogP contribution in [0.2, 0.25) is 0 Å². The van der Waals surface area contributed by atoms with Crippen LogP contribution in [0.5, 0.6) is 0 Å². The molecule has 0 bridgehead atoms. The summed E-state index contributed by atoms with van der Waals surface area (Å²) in [5.74, 6) is -0.435. The fourth-order valence-electron chi connectivity index (χ4n) is 0.950. The number of hydrogen-bond acceptors (Lipinski definition) is 4. The molecular weight excluding hydrogens is 170 g/mol. The molecule has 0 aromatic carbocycles. The first-order valence-corrected chi connectivity index (χ1v) is 4.10. The molecule has 0 saturated heterocycles. The lowest BCUT2D eigenvalue weighted by molar-refractivity contribution is -0.139. The molecule has 0 radical (unpaired) electrons. The average molecular weight is 182 g/mol. The quantitative estimate of drug-likeness (QED) is 0.367. The van der Waals surface area contributed by atoms with Gasteiger partial charge in [-0.1, -0.05) is 13.5 Å². The zero-order valence-corrected chi connectivity index (χ0v) is 7.58. The normalized spacial score (nSPS) is 25.3. The minimum Gasteiger partial charge on any atom is -0.673 e. The van der Waals surface area contributed by atoms with E-state index in [-0.39, 0.29) is 6.61 Å². The van der Waals surface area contributed by atoms with Gasteiger partial charge in [-0.05, 0) is 6.42 Å². The number of carbonyl (C=O) groups is 1. The molecule has 1 aliphatic heterocycles. The molecule has 4 nitrogen and oxygen atoms in total. The number of esters is 1. The number of nitrogens with zero attached hydrogens (tertiary/aromatic N) is 1. The highest BCUT2D eigenvalue weighted by molar-refractivity contribution is 5.81. The van der Waals surface area contributed by atoms with E-state index < -0.39 is 11.5 Å². The summed E-state index contributed by atoms with van der Waals surface area (Å²) >= 11 is 0. The third-order valence-corrected chi connectivity index (χ3v) is 2.00. The Labute approximate surface area is 77.2 Å². The molecule has 0 N–H and O–H groups in total. The standard InChI is InChI=1S/C9H12NO3/c1-3-8(11)13-6-9(4-2)5-12-7-10-9/h3H,1,4-6H2,2H3/q-1. The molecule has 1 atom stereocenters. The van der Waals surface area contributed by atoms with Crippen LogP contribution in [0.1, 0.15) is 13.3 Å². The van der Waals surface area contributed by atoms with E-state index >= 15 is 0 Å². The lowest BCUT2D eigenvalue weighted by Crippen LogP contribution is -2.34. The summed E-state index contributed by atoms with van der Waals surface area (Å²) in [5.41, 5.74) is -0.432. The maximum atomic E-state index is 10.8. The van der Waals surface area contributed by atoms with Crippen LogP contribution in [0.4, 0.5) is 0 Å². The monoisotopic (exact) mass is 182 g/mol. The summed E-state index contributed by atoms with van der Waals surface area (Å²) in [6.45, 7) is 5.91. The van der Waals surface area contributed by atoms with Gasteiger partial charge in [0.2, 0.25) is 0 Å². The van der Waals surface area contributed by atoms with E-state index in [0.717, 1.165) is 12.5 Å². The van der Waals surface area contributed by atoms with E-state index in [1.807, 2.05) is 6.92 Å². The van der Waals surface area contributed by atoms with E-state index in [9.17, 15) is 4.79 Å². The van der Waals surface area contributed by atoms with Gasteiger partial charge in [-0.25, -0.2) is 11.2 Å². The maximum Gasteiger partial charge on any atom is 0.330 e.